The molecular weight excluding hydrogens is 244 g/mol. The van der Waals surface area contributed by atoms with Gasteiger partial charge in [-0.1, -0.05) is 6.42 Å². The van der Waals surface area contributed by atoms with Crippen molar-refractivity contribution in [2.75, 3.05) is 26.2 Å². The van der Waals surface area contributed by atoms with E-state index >= 15 is 0 Å². The summed E-state index contributed by atoms with van der Waals surface area (Å²) < 4.78 is 5.27. The van der Waals surface area contributed by atoms with E-state index in [-0.39, 0.29) is 11.8 Å². The van der Waals surface area contributed by atoms with E-state index in [4.69, 9.17) is 9.52 Å². The molecule has 0 bridgehead atoms. The first-order valence-corrected chi connectivity index (χ1v) is 6.95. The highest BCUT2D eigenvalue weighted by Crippen LogP contribution is 2.16. The van der Waals surface area contributed by atoms with Gasteiger partial charge in [0.1, 0.15) is 5.76 Å². The van der Waals surface area contributed by atoms with Crippen LogP contribution in [-0.4, -0.2) is 42.2 Å². The fraction of sp³-hybridized carbons (Fsp3) is 0.643. The van der Waals surface area contributed by atoms with E-state index in [1.807, 2.05) is 6.92 Å². The van der Waals surface area contributed by atoms with E-state index in [9.17, 15) is 4.79 Å². The topological polar surface area (TPSA) is 65.7 Å². The summed E-state index contributed by atoms with van der Waals surface area (Å²) in [6, 6.07) is 3.26. The number of carboxylic acid groups (broad SMARTS) is 1. The molecule has 0 aliphatic carbocycles. The molecular formula is C14H22N2O3. The van der Waals surface area contributed by atoms with Gasteiger partial charge < -0.3 is 19.7 Å². The summed E-state index contributed by atoms with van der Waals surface area (Å²) >= 11 is 0. The van der Waals surface area contributed by atoms with Gasteiger partial charge in [0.25, 0.3) is 0 Å². The molecule has 1 saturated heterocycles. The van der Waals surface area contributed by atoms with Crippen LogP contribution in [0.25, 0.3) is 0 Å². The lowest BCUT2D eigenvalue weighted by Gasteiger charge is -2.26. The smallest absolute Gasteiger partial charge is 0.371 e. The van der Waals surface area contributed by atoms with Gasteiger partial charge in [-0.05, 0) is 45.0 Å². The third-order valence-electron chi connectivity index (χ3n) is 3.59. The predicted molar refractivity (Wildman–Crippen MR) is 72.4 cm³/mol. The van der Waals surface area contributed by atoms with Crippen LogP contribution < -0.4 is 5.32 Å². The lowest BCUT2D eigenvalue weighted by molar-refractivity contribution is 0.0659. The first kappa shape index (κ1) is 14.1. The molecule has 5 heteroatoms. The molecule has 1 aromatic rings. The Bertz CT molecular complexity index is 411. The number of carbonyl (C=O) groups is 1. The van der Waals surface area contributed by atoms with Gasteiger partial charge in [-0.15, -0.1) is 0 Å². The Morgan fingerprint density at radius 2 is 2.16 bits per heavy atom. The van der Waals surface area contributed by atoms with Crippen molar-refractivity contribution in [3.8, 4) is 0 Å². The first-order chi connectivity index (χ1) is 9.16. The first-order valence-electron chi connectivity index (χ1n) is 6.95. The normalized spacial score (nSPS) is 18.4. The molecule has 2 rings (SSSR count). The van der Waals surface area contributed by atoms with Crippen molar-refractivity contribution in [1.29, 1.82) is 0 Å². The number of piperidine rings is 1. The highest BCUT2D eigenvalue weighted by molar-refractivity contribution is 5.84. The third kappa shape index (κ3) is 4.08. The maximum Gasteiger partial charge on any atom is 0.371 e. The Kier molecular flexibility index (Phi) is 4.99. The SMILES string of the molecule is CC(NCCN1CCCCC1)c1ccc(C(=O)O)o1. The molecule has 0 aromatic carbocycles. The van der Waals surface area contributed by atoms with Gasteiger partial charge in [0.15, 0.2) is 0 Å². The molecule has 1 aromatic heterocycles. The highest BCUT2D eigenvalue weighted by Gasteiger charge is 2.14. The van der Waals surface area contributed by atoms with Crippen molar-refractivity contribution in [2.45, 2.75) is 32.2 Å². The maximum absolute atomic E-state index is 10.7. The van der Waals surface area contributed by atoms with Gasteiger partial charge in [0.2, 0.25) is 5.76 Å². The highest BCUT2D eigenvalue weighted by atomic mass is 16.4. The van der Waals surface area contributed by atoms with Crippen LogP contribution in [0.4, 0.5) is 0 Å². The molecule has 106 valence electrons. The maximum atomic E-state index is 10.7. The average molecular weight is 266 g/mol. The Morgan fingerprint density at radius 1 is 1.42 bits per heavy atom. The van der Waals surface area contributed by atoms with Crippen LogP contribution in [0.15, 0.2) is 16.5 Å². The second kappa shape index (κ2) is 6.73. The Balaban J connectivity index is 1.73. The zero-order chi connectivity index (χ0) is 13.7. The summed E-state index contributed by atoms with van der Waals surface area (Å²) in [5.41, 5.74) is 0. The Morgan fingerprint density at radius 3 is 2.79 bits per heavy atom. The van der Waals surface area contributed by atoms with E-state index in [2.05, 4.69) is 10.2 Å². The molecule has 2 heterocycles. The largest absolute Gasteiger partial charge is 0.475 e. The number of hydrogen-bond donors (Lipinski definition) is 2. The minimum atomic E-state index is -1.02. The monoisotopic (exact) mass is 266 g/mol. The molecule has 1 unspecified atom stereocenters. The Hall–Kier alpha value is -1.33. The molecule has 0 radical (unpaired) electrons. The molecule has 1 aliphatic heterocycles. The van der Waals surface area contributed by atoms with Crippen molar-refractivity contribution in [3.05, 3.63) is 23.7 Å². The number of aromatic carboxylic acids is 1. The summed E-state index contributed by atoms with van der Waals surface area (Å²) in [6.45, 7) is 6.31. The van der Waals surface area contributed by atoms with Crippen LogP contribution in [0.1, 0.15) is 48.5 Å². The van der Waals surface area contributed by atoms with E-state index < -0.39 is 5.97 Å². The molecule has 1 fully saturated rings. The van der Waals surface area contributed by atoms with E-state index in [1.54, 1.807) is 6.07 Å². The predicted octanol–water partition coefficient (Wildman–Crippen LogP) is 2.11. The third-order valence-corrected chi connectivity index (χ3v) is 3.59. The minimum absolute atomic E-state index is 0.000296. The molecule has 0 saturated carbocycles. The molecule has 5 nitrogen and oxygen atoms in total. The van der Waals surface area contributed by atoms with Gasteiger partial charge in [0, 0.05) is 13.1 Å². The average Bonchev–Trinajstić information content (AvgIpc) is 2.89. The van der Waals surface area contributed by atoms with Crippen LogP contribution in [0, 0.1) is 0 Å². The summed E-state index contributed by atoms with van der Waals surface area (Å²) in [5, 5.41) is 12.2. The van der Waals surface area contributed by atoms with Gasteiger partial charge in [-0.2, -0.15) is 0 Å². The summed E-state index contributed by atoms with van der Waals surface area (Å²) in [4.78, 5) is 13.2. The standard InChI is InChI=1S/C14H22N2O3/c1-11(12-5-6-13(19-12)14(17)18)15-7-10-16-8-3-2-4-9-16/h5-6,11,15H,2-4,7-10H2,1H3,(H,17,18). The fourth-order valence-corrected chi connectivity index (χ4v) is 2.42. The lowest BCUT2D eigenvalue weighted by atomic mass is 10.1. The molecule has 1 atom stereocenters. The molecule has 0 spiro atoms. The number of furan rings is 1. The number of rotatable bonds is 6. The van der Waals surface area contributed by atoms with E-state index in [0.717, 1.165) is 13.1 Å². The molecule has 19 heavy (non-hydrogen) atoms. The zero-order valence-electron chi connectivity index (χ0n) is 11.4. The quantitative estimate of drug-likeness (QED) is 0.825. The van der Waals surface area contributed by atoms with Crippen LogP contribution in [0.3, 0.4) is 0 Å². The van der Waals surface area contributed by atoms with Crippen molar-refractivity contribution < 1.29 is 14.3 Å². The number of likely N-dealkylation sites (tertiary alicyclic amines) is 1. The number of carboxylic acids is 1. The zero-order valence-corrected chi connectivity index (χ0v) is 11.4. The van der Waals surface area contributed by atoms with Crippen LogP contribution >= 0.6 is 0 Å². The fourth-order valence-electron chi connectivity index (χ4n) is 2.42. The summed E-state index contributed by atoms with van der Waals surface area (Å²) in [6.07, 6.45) is 3.95. The summed E-state index contributed by atoms with van der Waals surface area (Å²) in [7, 11) is 0. The molecule has 1 aliphatic rings. The second-order valence-electron chi connectivity index (χ2n) is 5.09. The number of hydrogen-bond acceptors (Lipinski definition) is 4. The number of nitrogens with one attached hydrogen (secondary N) is 1. The summed E-state index contributed by atoms with van der Waals surface area (Å²) in [5.74, 6) is -0.345. The second-order valence-corrected chi connectivity index (χ2v) is 5.09. The molecule has 0 amide bonds. The van der Waals surface area contributed by atoms with Gasteiger partial charge in [0.05, 0.1) is 6.04 Å². The van der Waals surface area contributed by atoms with E-state index in [1.165, 1.54) is 38.4 Å². The van der Waals surface area contributed by atoms with Crippen molar-refractivity contribution in [3.63, 3.8) is 0 Å². The van der Waals surface area contributed by atoms with E-state index in [0.29, 0.717) is 5.76 Å². The Labute approximate surface area is 113 Å². The van der Waals surface area contributed by atoms with Crippen LogP contribution in [0.5, 0.6) is 0 Å². The van der Waals surface area contributed by atoms with Gasteiger partial charge >= 0.3 is 5.97 Å². The van der Waals surface area contributed by atoms with Crippen LogP contribution in [-0.2, 0) is 0 Å². The van der Waals surface area contributed by atoms with Crippen LogP contribution in [0.2, 0.25) is 0 Å². The van der Waals surface area contributed by atoms with Gasteiger partial charge in [-0.3, -0.25) is 0 Å². The lowest BCUT2D eigenvalue weighted by Crippen LogP contribution is -2.36. The molecule has 2 N–H and O–H groups in total. The van der Waals surface area contributed by atoms with Crippen molar-refractivity contribution in [1.82, 2.24) is 10.2 Å². The van der Waals surface area contributed by atoms with Gasteiger partial charge in [-0.25, -0.2) is 4.79 Å². The number of nitrogens with zero attached hydrogens (tertiary/aromatic N) is 1. The van der Waals surface area contributed by atoms with Crippen molar-refractivity contribution >= 4 is 5.97 Å². The van der Waals surface area contributed by atoms with Crippen molar-refractivity contribution in [2.24, 2.45) is 0 Å². The minimum Gasteiger partial charge on any atom is -0.475 e.